The lowest BCUT2D eigenvalue weighted by molar-refractivity contribution is -0.142. The van der Waals surface area contributed by atoms with Crippen molar-refractivity contribution in [2.45, 2.75) is 38.0 Å². The maximum Gasteiger partial charge on any atom is 0.331 e. The molecule has 1 aromatic carbocycles. The maximum absolute atomic E-state index is 12.1. The van der Waals surface area contributed by atoms with E-state index in [-0.39, 0.29) is 17.9 Å². The van der Waals surface area contributed by atoms with E-state index in [0.717, 1.165) is 17.5 Å². The standard InChI is InChI=1S/C18H19ClO4/c1-3-12-5-4-6-15(14(12)10-19)18(17(22)23)8-7-11(2)13(9-18)16(20)21/h4-8H,3,9-10H2,1-2H3,(H,20,21)(H,22,23). The molecule has 0 fully saturated rings. The minimum Gasteiger partial charge on any atom is -0.480 e. The Hall–Kier alpha value is -2.07. The van der Waals surface area contributed by atoms with Crippen LogP contribution in [-0.2, 0) is 27.3 Å². The van der Waals surface area contributed by atoms with Crippen LogP contribution < -0.4 is 0 Å². The van der Waals surface area contributed by atoms with E-state index in [1.54, 1.807) is 31.2 Å². The van der Waals surface area contributed by atoms with Crippen molar-refractivity contribution in [2.24, 2.45) is 0 Å². The topological polar surface area (TPSA) is 74.6 Å². The maximum atomic E-state index is 12.1. The molecule has 1 aliphatic carbocycles. The molecule has 0 aliphatic heterocycles. The van der Waals surface area contributed by atoms with Crippen LogP contribution in [0.2, 0.25) is 0 Å². The number of rotatable bonds is 5. The monoisotopic (exact) mass is 334 g/mol. The summed E-state index contributed by atoms with van der Waals surface area (Å²) in [5.74, 6) is -1.97. The minimum absolute atomic E-state index is 0.0863. The zero-order chi connectivity index (χ0) is 17.2. The summed E-state index contributed by atoms with van der Waals surface area (Å²) in [6, 6.07) is 5.45. The Kier molecular flexibility index (Phi) is 4.95. The second kappa shape index (κ2) is 6.59. The lowest BCUT2D eigenvalue weighted by Gasteiger charge is -2.32. The van der Waals surface area contributed by atoms with Crippen LogP contribution in [-0.4, -0.2) is 22.2 Å². The molecular formula is C18H19ClO4. The molecule has 0 amide bonds. The molecule has 5 heteroatoms. The van der Waals surface area contributed by atoms with Gasteiger partial charge in [0, 0.05) is 17.9 Å². The van der Waals surface area contributed by atoms with Crippen molar-refractivity contribution in [3.8, 4) is 0 Å². The number of carboxylic acids is 2. The van der Waals surface area contributed by atoms with Crippen LogP contribution in [0.3, 0.4) is 0 Å². The van der Waals surface area contributed by atoms with Crippen molar-refractivity contribution in [2.75, 3.05) is 0 Å². The van der Waals surface area contributed by atoms with Gasteiger partial charge < -0.3 is 10.2 Å². The number of carbonyl (C=O) groups is 2. The highest BCUT2D eigenvalue weighted by atomic mass is 35.5. The van der Waals surface area contributed by atoms with Crippen LogP contribution in [0.1, 0.15) is 37.0 Å². The molecule has 0 radical (unpaired) electrons. The van der Waals surface area contributed by atoms with E-state index in [2.05, 4.69) is 0 Å². The molecule has 4 nitrogen and oxygen atoms in total. The van der Waals surface area contributed by atoms with E-state index in [1.807, 2.05) is 13.0 Å². The summed E-state index contributed by atoms with van der Waals surface area (Å²) < 4.78 is 0. The van der Waals surface area contributed by atoms with Gasteiger partial charge in [-0.05, 0) is 35.6 Å². The second-order valence-electron chi connectivity index (χ2n) is 5.68. The van der Waals surface area contributed by atoms with Crippen molar-refractivity contribution in [3.63, 3.8) is 0 Å². The molecule has 0 bridgehead atoms. The number of allylic oxidation sites excluding steroid dienone is 2. The molecule has 1 aliphatic rings. The largest absolute Gasteiger partial charge is 0.480 e. The highest BCUT2D eigenvalue weighted by Gasteiger charge is 2.43. The summed E-state index contributed by atoms with van der Waals surface area (Å²) in [4.78, 5) is 23.6. The number of aryl methyl sites for hydroxylation is 1. The Morgan fingerprint density at radius 1 is 1.30 bits per heavy atom. The van der Waals surface area contributed by atoms with Gasteiger partial charge in [0.1, 0.15) is 5.41 Å². The van der Waals surface area contributed by atoms with E-state index >= 15 is 0 Å². The molecule has 0 saturated carbocycles. The Balaban J connectivity index is 2.69. The summed E-state index contributed by atoms with van der Waals surface area (Å²) in [5.41, 5.74) is 1.62. The summed E-state index contributed by atoms with van der Waals surface area (Å²) in [6.07, 6.45) is 3.81. The quantitative estimate of drug-likeness (QED) is 0.806. The normalized spacial score (nSPS) is 20.7. The van der Waals surface area contributed by atoms with Gasteiger partial charge in [-0.2, -0.15) is 0 Å². The first-order chi connectivity index (χ1) is 10.9. The van der Waals surface area contributed by atoms with E-state index in [9.17, 15) is 19.8 Å². The fourth-order valence-electron chi connectivity index (χ4n) is 3.08. The average Bonchev–Trinajstić information content (AvgIpc) is 2.54. The second-order valence-corrected chi connectivity index (χ2v) is 5.95. The number of halogens is 1. The molecule has 1 aromatic rings. The predicted molar refractivity (Wildman–Crippen MR) is 88.8 cm³/mol. The summed E-state index contributed by atoms with van der Waals surface area (Å²) in [6.45, 7) is 3.66. The van der Waals surface area contributed by atoms with Crippen LogP contribution in [0.4, 0.5) is 0 Å². The van der Waals surface area contributed by atoms with Gasteiger partial charge in [-0.1, -0.05) is 37.3 Å². The van der Waals surface area contributed by atoms with Crippen molar-refractivity contribution in [3.05, 3.63) is 58.2 Å². The van der Waals surface area contributed by atoms with Crippen LogP contribution in [0.15, 0.2) is 41.5 Å². The fourth-order valence-corrected chi connectivity index (χ4v) is 3.39. The Bertz CT molecular complexity index is 718. The van der Waals surface area contributed by atoms with Gasteiger partial charge in [-0.25, -0.2) is 4.79 Å². The Labute approximate surface area is 140 Å². The van der Waals surface area contributed by atoms with E-state index in [4.69, 9.17) is 11.6 Å². The third-order valence-electron chi connectivity index (χ3n) is 4.46. The lowest BCUT2D eigenvalue weighted by atomic mass is 9.69. The van der Waals surface area contributed by atoms with Crippen LogP contribution in [0.25, 0.3) is 0 Å². The number of carboxylic acid groups (broad SMARTS) is 2. The van der Waals surface area contributed by atoms with Gasteiger partial charge in [0.15, 0.2) is 0 Å². The van der Waals surface area contributed by atoms with Gasteiger partial charge in [-0.15, -0.1) is 11.6 Å². The van der Waals surface area contributed by atoms with E-state index in [1.165, 1.54) is 0 Å². The summed E-state index contributed by atoms with van der Waals surface area (Å²) in [7, 11) is 0. The van der Waals surface area contributed by atoms with Gasteiger partial charge in [0.25, 0.3) is 0 Å². The summed E-state index contributed by atoms with van der Waals surface area (Å²) >= 11 is 6.08. The third-order valence-corrected chi connectivity index (χ3v) is 4.72. The number of aliphatic carboxylic acids is 2. The smallest absolute Gasteiger partial charge is 0.331 e. The lowest BCUT2D eigenvalue weighted by Crippen LogP contribution is -2.38. The van der Waals surface area contributed by atoms with Crippen LogP contribution >= 0.6 is 11.6 Å². The first kappa shape index (κ1) is 17.3. The van der Waals surface area contributed by atoms with Crippen molar-refractivity contribution in [1.82, 2.24) is 0 Å². The van der Waals surface area contributed by atoms with Crippen molar-refractivity contribution >= 4 is 23.5 Å². The zero-order valence-corrected chi connectivity index (χ0v) is 13.9. The third kappa shape index (κ3) is 2.91. The molecule has 1 atom stereocenters. The molecule has 122 valence electrons. The van der Waals surface area contributed by atoms with Gasteiger partial charge >= 0.3 is 11.9 Å². The highest BCUT2D eigenvalue weighted by molar-refractivity contribution is 6.17. The average molecular weight is 335 g/mol. The van der Waals surface area contributed by atoms with Crippen LogP contribution in [0.5, 0.6) is 0 Å². The van der Waals surface area contributed by atoms with Crippen molar-refractivity contribution in [1.29, 1.82) is 0 Å². The van der Waals surface area contributed by atoms with Gasteiger partial charge in [0.05, 0.1) is 0 Å². The first-order valence-electron chi connectivity index (χ1n) is 7.40. The zero-order valence-electron chi connectivity index (χ0n) is 13.1. The molecule has 0 aromatic heterocycles. The first-order valence-corrected chi connectivity index (χ1v) is 7.93. The predicted octanol–water partition coefficient (Wildman–Crippen LogP) is 3.67. The molecule has 1 unspecified atom stereocenters. The molecule has 2 rings (SSSR count). The summed E-state index contributed by atoms with van der Waals surface area (Å²) in [5, 5.41) is 19.3. The molecule has 2 N–H and O–H groups in total. The molecule has 23 heavy (non-hydrogen) atoms. The SMILES string of the molecule is CCc1cccc(C2(C(=O)O)C=CC(C)=C(C(=O)O)C2)c1CCl. The van der Waals surface area contributed by atoms with Gasteiger partial charge in [-0.3, -0.25) is 4.79 Å². The van der Waals surface area contributed by atoms with E-state index in [0.29, 0.717) is 11.1 Å². The number of benzene rings is 1. The number of alkyl halides is 1. The molecular weight excluding hydrogens is 316 g/mol. The fraction of sp³-hybridized carbons (Fsp3) is 0.333. The van der Waals surface area contributed by atoms with Crippen LogP contribution in [0, 0.1) is 0 Å². The number of hydrogen-bond acceptors (Lipinski definition) is 2. The van der Waals surface area contributed by atoms with Crippen molar-refractivity contribution < 1.29 is 19.8 Å². The minimum atomic E-state index is -1.40. The Morgan fingerprint density at radius 2 is 2.00 bits per heavy atom. The Morgan fingerprint density at radius 3 is 2.52 bits per heavy atom. The van der Waals surface area contributed by atoms with Gasteiger partial charge in [0.2, 0.25) is 0 Å². The van der Waals surface area contributed by atoms with E-state index < -0.39 is 17.4 Å². The molecule has 0 saturated heterocycles. The highest BCUT2D eigenvalue weighted by Crippen LogP contribution is 2.41. The molecule has 0 heterocycles. The number of hydrogen-bond donors (Lipinski definition) is 2. The molecule has 0 spiro atoms.